The average Bonchev–Trinajstić information content (AvgIpc) is 3.34. The van der Waals surface area contributed by atoms with Crippen LogP contribution in [0.25, 0.3) is 0 Å². The molecule has 3 rings (SSSR count). The van der Waals surface area contributed by atoms with Gasteiger partial charge in [0.25, 0.3) is 0 Å². The van der Waals surface area contributed by atoms with E-state index in [-0.39, 0.29) is 6.04 Å². The van der Waals surface area contributed by atoms with Gasteiger partial charge in [0.2, 0.25) is 5.88 Å². The second kappa shape index (κ2) is 12.2. The Kier molecular flexibility index (Phi) is 8.97. The number of methoxy groups -OCH3 is 1. The molecule has 0 radical (unpaired) electrons. The number of pyridine rings is 1. The van der Waals surface area contributed by atoms with Gasteiger partial charge in [-0.2, -0.15) is 0 Å². The van der Waals surface area contributed by atoms with E-state index in [1.807, 2.05) is 12.1 Å². The molecule has 0 bridgehead atoms. The fourth-order valence-corrected chi connectivity index (χ4v) is 3.56. The number of aromatic nitrogens is 1. The molecule has 31 heavy (non-hydrogen) atoms. The molecular formula is C24H35N5O2. The third-order valence-corrected chi connectivity index (χ3v) is 5.29. The topological polar surface area (TPSA) is 71.0 Å². The molecule has 1 aromatic carbocycles. The third kappa shape index (κ3) is 7.14. The van der Waals surface area contributed by atoms with Gasteiger partial charge in [-0.3, -0.25) is 0 Å². The third-order valence-electron chi connectivity index (χ3n) is 5.29. The number of anilines is 1. The van der Waals surface area contributed by atoms with E-state index in [0.717, 1.165) is 31.2 Å². The van der Waals surface area contributed by atoms with E-state index in [1.54, 1.807) is 13.3 Å². The minimum absolute atomic E-state index is 0.148. The second-order valence-corrected chi connectivity index (χ2v) is 7.70. The summed E-state index contributed by atoms with van der Waals surface area (Å²) in [5.74, 6) is 1.39. The Labute approximate surface area is 185 Å². The SMILES string of the molecule is CCNC(=NCc1ccc(OCCOC)nc1)NC(C)c1cccc(N2CCCC2)c1. The number of aliphatic imine (C=N–C) groups is 1. The molecule has 7 heteroatoms. The molecule has 0 saturated carbocycles. The molecule has 1 aromatic heterocycles. The van der Waals surface area contributed by atoms with Gasteiger partial charge in [0.1, 0.15) is 6.61 Å². The standard InChI is InChI=1S/C24H35N5O2/c1-4-25-24(27-18-20-10-11-23(26-17-20)31-15-14-30-3)28-19(2)21-8-7-9-22(16-21)29-12-5-6-13-29/h7-11,16-17,19H,4-6,12-15,18H2,1-3H3,(H2,25,27,28). The van der Waals surface area contributed by atoms with E-state index < -0.39 is 0 Å². The predicted octanol–water partition coefficient (Wildman–Crippen LogP) is 3.52. The summed E-state index contributed by atoms with van der Waals surface area (Å²) < 4.78 is 10.5. The maximum absolute atomic E-state index is 5.51. The highest BCUT2D eigenvalue weighted by Gasteiger charge is 2.14. The first kappa shape index (κ1) is 22.9. The van der Waals surface area contributed by atoms with Crippen molar-refractivity contribution in [3.63, 3.8) is 0 Å². The summed E-state index contributed by atoms with van der Waals surface area (Å²) in [6.07, 6.45) is 4.37. The lowest BCUT2D eigenvalue weighted by molar-refractivity contribution is 0.143. The summed E-state index contributed by atoms with van der Waals surface area (Å²) in [5.41, 5.74) is 3.60. The van der Waals surface area contributed by atoms with Crippen LogP contribution in [0.15, 0.2) is 47.6 Å². The van der Waals surface area contributed by atoms with Gasteiger partial charge in [0.15, 0.2) is 5.96 Å². The smallest absolute Gasteiger partial charge is 0.213 e. The van der Waals surface area contributed by atoms with E-state index in [2.05, 4.69) is 58.6 Å². The number of hydrogen-bond donors (Lipinski definition) is 2. The lowest BCUT2D eigenvalue weighted by atomic mass is 10.1. The maximum Gasteiger partial charge on any atom is 0.213 e. The predicted molar refractivity (Wildman–Crippen MR) is 126 cm³/mol. The highest BCUT2D eigenvalue weighted by atomic mass is 16.5. The first-order valence-corrected chi connectivity index (χ1v) is 11.2. The Hall–Kier alpha value is -2.80. The van der Waals surface area contributed by atoms with Crippen molar-refractivity contribution in [2.75, 3.05) is 44.9 Å². The van der Waals surface area contributed by atoms with Crippen molar-refractivity contribution >= 4 is 11.6 Å². The molecule has 1 saturated heterocycles. The number of nitrogens with one attached hydrogen (secondary N) is 2. The highest BCUT2D eigenvalue weighted by Crippen LogP contribution is 2.24. The van der Waals surface area contributed by atoms with Crippen molar-refractivity contribution in [1.29, 1.82) is 0 Å². The van der Waals surface area contributed by atoms with Crippen LogP contribution >= 0.6 is 0 Å². The summed E-state index contributed by atoms with van der Waals surface area (Å²) in [6.45, 7) is 8.93. The minimum atomic E-state index is 0.148. The number of ether oxygens (including phenoxy) is 2. The van der Waals surface area contributed by atoms with Crippen LogP contribution in [0.4, 0.5) is 5.69 Å². The van der Waals surface area contributed by atoms with Crippen LogP contribution in [-0.2, 0) is 11.3 Å². The zero-order valence-electron chi connectivity index (χ0n) is 18.9. The molecule has 7 nitrogen and oxygen atoms in total. The number of nitrogens with zero attached hydrogens (tertiary/aromatic N) is 3. The fraction of sp³-hybridized carbons (Fsp3) is 0.500. The number of benzene rings is 1. The largest absolute Gasteiger partial charge is 0.475 e. The van der Waals surface area contributed by atoms with Crippen LogP contribution in [-0.4, -0.2) is 50.9 Å². The molecule has 0 aliphatic carbocycles. The van der Waals surface area contributed by atoms with Gasteiger partial charge in [0.05, 0.1) is 19.2 Å². The van der Waals surface area contributed by atoms with Gasteiger partial charge >= 0.3 is 0 Å². The molecule has 168 valence electrons. The summed E-state index contributed by atoms with van der Waals surface area (Å²) in [4.78, 5) is 11.5. The molecule has 1 atom stereocenters. The van der Waals surface area contributed by atoms with Crippen molar-refractivity contribution in [3.8, 4) is 5.88 Å². The van der Waals surface area contributed by atoms with Crippen molar-refractivity contribution in [3.05, 3.63) is 53.7 Å². The normalized spacial score (nSPS) is 15.1. The molecule has 0 amide bonds. The lowest BCUT2D eigenvalue weighted by Gasteiger charge is -2.22. The van der Waals surface area contributed by atoms with E-state index >= 15 is 0 Å². The van der Waals surface area contributed by atoms with E-state index in [0.29, 0.717) is 25.6 Å². The Balaban J connectivity index is 1.59. The molecule has 0 spiro atoms. The quantitative estimate of drug-likeness (QED) is 0.345. The summed E-state index contributed by atoms with van der Waals surface area (Å²) in [5, 5.41) is 6.87. The van der Waals surface area contributed by atoms with Gasteiger partial charge in [-0.25, -0.2) is 9.98 Å². The highest BCUT2D eigenvalue weighted by molar-refractivity contribution is 5.80. The number of rotatable bonds is 10. The van der Waals surface area contributed by atoms with Crippen LogP contribution in [0.1, 0.15) is 43.9 Å². The van der Waals surface area contributed by atoms with Crippen molar-refractivity contribution in [1.82, 2.24) is 15.6 Å². The van der Waals surface area contributed by atoms with E-state index in [1.165, 1.54) is 24.1 Å². The lowest BCUT2D eigenvalue weighted by Crippen LogP contribution is -2.38. The van der Waals surface area contributed by atoms with Gasteiger partial charge in [-0.05, 0) is 49.9 Å². The zero-order chi connectivity index (χ0) is 21.9. The summed E-state index contributed by atoms with van der Waals surface area (Å²) in [6, 6.07) is 12.8. The molecule has 2 aromatic rings. The first-order valence-electron chi connectivity index (χ1n) is 11.2. The minimum Gasteiger partial charge on any atom is -0.475 e. The van der Waals surface area contributed by atoms with Gasteiger partial charge < -0.3 is 25.0 Å². The van der Waals surface area contributed by atoms with E-state index in [4.69, 9.17) is 14.5 Å². The molecule has 2 N–H and O–H groups in total. The molecular weight excluding hydrogens is 390 g/mol. The van der Waals surface area contributed by atoms with Crippen LogP contribution in [0.5, 0.6) is 5.88 Å². The van der Waals surface area contributed by atoms with Crippen LogP contribution in [0.2, 0.25) is 0 Å². The Morgan fingerprint density at radius 3 is 2.74 bits per heavy atom. The summed E-state index contributed by atoms with van der Waals surface area (Å²) in [7, 11) is 1.65. The summed E-state index contributed by atoms with van der Waals surface area (Å²) >= 11 is 0. The van der Waals surface area contributed by atoms with Crippen LogP contribution < -0.4 is 20.3 Å². The average molecular weight is 426 g/mol. The molecule has 2 heterocycles. The second-order valence-electron chi connectivity index (χ2n) is 7.70. The molecule has 1 aliphatic heterocycles. The molecule has 1 fully saturated rings. The van der Waals surface area contributed by atoms with Crippen molar-refractivity contribution in [2.45, 2.75) is 39.3 Å². The van der Waals surface area contributed by atoms with Crippen LogP contribution in [0.3, 0.4) is 0 Å². The Morgan fingerprint density at radius 1 is 1.19 bits per heavy atom. The van der Waals surface area contributed by atoms with Crippen molar-refractivity contribution < 1.29 is 9.47 Å². The maximum atomic E-state index is 5.51. The van der Waals surface area contributed by atoms with Gasteiger partial charge in [0, 0.05) is 44.7 Å². The Bertz CT molecular complexity index is 819. The number of guanidine groups is 1. The fourth-order valence-electron chi connectivity index (χ4n) is 3.56. The van der Waals surface area contributed by atoms with Gasteiger partial charge in [-0.1, -0.05) is 18.2 Å². The first-order chi connectivity index (χ1) is 15.2. The monoisotopic (exact) mass is 425 g/mol. The molecule has 1 unspecified atom stereocenters. The van der Waals surface area contributed by atoms with Crippen LogP contribution in [0, 0.1) is 0 Å². The van der Waals surface area contributed by atoms with Gasteiger partial charge in [-0.15, -0.1) is 0 Å². The molecule has 1 aliphatic rings. The zero-order valence-corrected chi connectivity index (χ0v) is 18.9. The van der Waals surface area contributed by atoms with E-state index in [9.17, 15) is 0 Å². The van der Waals surface area contributed by atoms with Crippen molar-refractivity contribution in [2.24, 2.45) is 4.99 Å². The Morgan fingerprint density at radius 2 is 2.03 bits per heavy atom. The number of hydrogen-bond acceptors (Lipinski definition) is 5.